The summed E-state index contributed by atoms with van der Waals surface area (Å²) in [6, 6.07) is 9.89. The second kappa shape index (κ2) is 5.33. The van der Waals surface area contributed by atoms with Crippen LogP contribution < -0.4 is 0 Å². The number of carbonyl (C=O) groups is 1. The van der Waals surface area contributed by atoms with Gasteiger partial charge in [-0.05, 0) is 18.1 Å². The predicted molar refractivity (Wildman–Crippen MR) is 73.5 cm³/mol. The van der Waals surface area contributed by atoms with E-state index in [-0.39, 0.29) is 11.8 Å². The number of hydrogen-bond donors (Lipinski definition) is 1. The molecule has 0 aliphatic carbocycles. The number of rotatable bonds is 4. The number of likely N-dealkylation sites (tertiary alicyclic amines) is 1. The molecule has 0 unspecified atom stereocenters. The lowest BCUT2D eigenvalue weighted by Crippen LogP contribution is -2.66. The molecule has 18 heavy (non-hydrogen) atoms. The molecule has 98 valence electrons. The Labute approximate surface area is 112 Å². The van der Waals surface area contributed by atoms with Crippen molar-refractivity contribution in [3.8, 4) is 0 Å². The molecule has 0 radical (unpaired) electrons. The van der Waals surface area contributed by atoms with Gasteiger partial charge in [0.15, 0.2) is 0 Å². The molecule has 1 N–H and O–H groups in total. The van der Waals surface area contributed by atoms with Crippen LogP contribution in [0.15, 0.2) is 35.2 Å². The lowest BCUT2D eigenvalue weighted by Gasteiger charge is -2.49. The minimum atomic E-state index is -0.674. The van der Waals surface area contributed by atoms with Crippen molar-refractivity contribution in [2.45, 2.75) is 24.3 Å². The monoisotopic (exact) mass is 265 g/mol. The fourth-order valence-corrected chi connectivity index (χ4v) is 2.73. The molecule has 1 heterocycles. The number of amides is 1. The molecule has 1 aliphatic rings. The van der Waals surface area contributed by atoms with Crippen LogP contribution in [0.25, 0.3) is 0 Å². The molecule has 0 atom stereocenters. The Morgan fingerprint density at radius 3 is 2.56 bits per heavy atom. The maximum atomic E-state index is 11.9. The van der Waals surface area contributed by atoms with E-state index in [1.807, 2.05) is 44.2 Å². The molecule has 3 nitrogen and oxygen atoms in total. The van der Waals surface area contributed by atoms with E-state index < -0.39 is 5.60 Å². The molecule has 0 bridgehead atoms. The third kappa shape index (κ3) is 2.87. The first-order valence-electron chi connectivity index (χ1n) is 6.19. The molecular weight excluding hydrogens is 246 g/mol. The number of hydrogen-bond acceptors (Lipinski definition) is 3. The van der Waals surface area contributed by atoms with Gasteiger partial charge in [0, 0.05) is 4.90 Å². The van der Waals surface area contributed by atoms with Gasteiger partial charge in [-0.3, -0.25) is 4.79 Å². The van der Waals surface area contributed by atoms with Crippen LogP contribution >= 0.6 is 11.8 Å². The summed E-state index contributed by atoms with van der Waals surface area (Å²) >= 11 is 1.54. The Morgan fingerprint density at radius 2 is 2.00 bits per heavy atom. The first-order chi connectivity index (χ1) is 8.51. The minimum Gasteiger partial charge on any atom is -0.386 e. The molecule has 1 fully saturated rings. The fourth-order valence-electron chi connectivity index (χ4n) is 1.91. The van der Waals surface area contributed by atoms with E-state index in [1.165, 1.54) is 0 Å². The third-order valence-corrected chi connectivity index (χ3v) is 4.46. The standard InChI is InChI=1S/C14H19NO2S/c1-11(2)14(17)9-15(10-14)13(16)8-18-12-6-4-3-5-7-12/h3-7,11,17H,8-10H2,1-2H3. The van der Waals surface area contributed by atoms with E-state index in [0.717, 1.165) is 4.90 Å². The smallest absolute Gasteiger partial charge is 0.233 e. The molecule has 1 amide bonds. The van der Waals surface area contributed by atoms with Gasteiger partial charge >= 0.3 is 0 Å². The van der Waals surface area contributed by atoms with Gasteiger partial charge in [0.25, 0.3) is 0 Å². The maximum absolute atomic E-state index is 11.9. The molecule has 1 aromatic rings. The SMILES string of the molecule is CC(C)C1(O)CN(C(=O)CSc2ccccc2)C1. The number of aliphatic hydroxyl groups is 1. The average Bonchev–Trinajstić information content (AvgIpc) is 2.33. The zero-order valence-electron chi connectivity index (χ0n) is 10.8. The van der Waals surface area contributed by atoms with E-state index in [1.54, 1.807) is 16.7 Å². The van der Waals surface area contributed by atoms with Crippen LogP contribution in [0.4, 0.5) is 0 Å². The molecule has 1 saturated heterocycles. The summed E-state index contributed by atoms with van der Waals surface area (Å²) in [6.45, 7) is 4.92. The van der Waals surface area contributed by atoms with E-state index in [9.17, 15) is 9.90 Å². The zero-order chi connectivity index (χ0) is 13.2. The predicted octanol–water partition coefficient (Wildman–Crippen LogP) is 2.01. The van der Waals surface area contributed by atoms with Crippen LogP contribution in [0.3, 0.4) is 0 Å². The minimum absolute atomic E-state index is 0.106. The quantitative estimate of drug-likeness (QED) is 0.847. The Hall–Kier alpha value is -1.00. The van der Waals surface area contributed by atoms with Crippen molar-refractivity contribution in [3.05, 3.63) is 30.3 Å². The maximum Gasteiger partial charge on any atom is 0.233 e. The van der Waals surface area contributed by atoms with Crippen LogP contribution in [0.5, 0.6) is 0 Å². The fraction of sp³-hybridized carbons (Fsp3) is 0.500. The van der Waals surface area contributed by atoms with E-state index >= 15 is 0 Å². The molecule has 1 aliphatic heterocycles. The lowest BCUT2D eigenvalue weighted by molar-refractivity contribution is -0.161. The van der Waals surface area contributed by atoms with Crippen molar-refractivity contribution < 1.29 is 9.90 Å². The summed E-state index contributed by atoms with van der Waals surface area (Å²) in [5, 5.41) is 10.1. The van der Waals surface area contributed by atoms with Gasteiger partial charge in [-0.15, -0.1) is 11.8 Å². The first kappa shape index (κ1) is 13.4. The Morgan fingerprint density at radius 1 is 1.39 bits per heavy atom. The highest BCUT2D eigenvalue weighted by Gasteiger charge is 2.45. The van der Waals surface area contributed by atoms with E-state index in [0.29, 0.717) is 18.8 Å². The third-order valence-electron chi connectivity index (χ3n) is 3.46. The van der Waals surface area contributed by atoms with Gasteiger partial charge in [-0.25, -0.2) is 0 Å². The van der Waals surface area contributed by atoms with Crippen molar-refractivity contribution in [1.82, 2.24) is 4.90 Å². The summed E-state index contributed by atoms with van der Waals surface area (Å²) in [6.07, 6.45) is 0. The van der Waals surface area contributed by atoms with E-state index in [2.05, 4.69) is 0 Å². The Kier molecular flexibility index (Phi) is 3.97. The van der Waals surface area contributed by atoms with Crippen LogP contribution in [0, 0.1) is 5.92 Å². The summed E-state index contributed by atoms with van der Waals surface area (Å²) < 4.78 is 0. The molecular formula is C14H19NO2S. The number of β-amino-alcohol motifs (C(OH)–C–C–N with tert-alkyl or cyclic N) is 1. The second-order valence-corrected chi connectivity index (χ2v) is 6.16. The number of nitrogens with zero attached hydrogens (tertiary/aromatic N) is 1. The molecule has 0 saturated carbocycles. The molecule has 1 aromatic carbocycles. The van der Waals surface area contributed by atoms with Crippen LogP contribution in [0.1, 0.15) is 13.8 Å². The number of benzene rings is 1. The van der Waals surface area contributed by atoms with Crippen molar-refractivity contribution in [1.29, 1.82) is 0 Å². The van der Waals surface area contributed by atoms with Gasteiger partial charge in [-0.1, -0.05) is 32.0 Å². The van der Waals surface area contributed by atoms with Gasteiger partial charge in [0.2, 0.25) is 5.91 Å². The topological polar surface area (TPSA) is 40.5 Å². The van der Waals surface area contributed by atoms with Gasteiger partial charge in [-0.2, -0.15) is 0 Å². The molecule has 0 spiro atoms. The summed E-state index contributed by atoms with van der Waals surface area (Å²) in [5.41, 5.74) is -0.674. The number of thioether (sulfide) groups is 1. The van der Waals surface area contributed by atoms with Gasteiger partial charge in [0.1, 0.15) is 5.60 Å². The molecule has 2 rings (SSSR count). The normalized spacial score (nSPS) is 17.7. The summed E-state index contributed by atoms with van der Waals surface area (Å²) in [7, 11) is 0. The summed E-state index contributed by atoms with van der Waals surface area (Å²) in [5.74, 6) is 0.746. The average molecular weight is 265 g/mol. The van der Waals surface area contributed by atoms with Crippen LogP contribution in [0.2, 0.25) is 0 Å². The van der Waals surface area contributed by atoms with Crippen molar-refractivity contribution in [2.24, 2.45) is 5.92 Å². The van der Waals surface area contributed by atoms with Crippen molar-refractivity contribution in [2.75, 3.05) is 18.8 Å². The highest BCUT2D eigenvalue weighted by molar-refractivity contribution is 8.00. The first-order valence-corrected chi connectivity index (χ1v) is 7.18. The van der Waals surface area contributed by atoms with Crippen molar-refractivity contribution >= 4 is 17.7 Å². The molecule has 0 aromatic heterocycles. The van der Waals surface area contributed by atoms with Gasteiger partial charge in [0.05, 0.1) is 18.8 Å². The number of carbonyl (C=O) groups excluding carboxylic acids is 1. The highest BCUT2D eigenvalue weighted by atomic mass is 32.2. The van der Waals surface area contributed by atoms with Crippen LogP contribution in [-0.4, -0.2) is 40.4 Å². The van der Waals surface area contributed by atoms with Crippen LogP contribution in [-0.2, 0) is 4.79 Å². The lowest BCUT2D eigenvalue weighted by atomic mass is 9.83. The zero-order valence-corrected chi connectivity index (χ0v) is 11.6. The molecule has 4 heteroatoms. The van der Waals surface area contributed by atoms with Gasteiger partial charge < -0.3 is 10.0 Å². The second-order valence-electron chi connectivity index (χ2n) is 5.11. The largest absolute Gasteiger partial charge is 0.386 e. The Bertz CT molecular complexity index is 413. The highest BCUT2D eigenvalue weighted by Crippen LogP contribution is 2.29. The Balaban J connectivity index is 1.78. The van der Waals surface area contributed by atoms with Crippen molar-refractivity contribution in [3.63, 3.8) is 0 Å². The van der Waals surface area contributed by atoms with E-state index in [4.69, 9.17) is 0 Å². The summed E-state index contributed by atoms with van der Waals surface area (Å²) in [4.78, 5) is 14.7.